The van der Waals surface area contributed by atoms with Crippen molar-refractivity contribution < 1.29 is 17.0 Å². The SMILES string of the molecule is C=CCCN1Cc2ccccc2C1=[N-].CC1C(C)C(C)C(C)C1C.[CH3-].[Cl][Ti][Cl]. The number of halogens is 2. The van der Waals surface area contributed by atoms with Crippen LogP contribution in [-0.4, -0.2) is 17.3 Å². The number of hydrogen-bond donors (Lipinski definition) is 0. The second-order valence-electron chi connectivity index (χ2n) is 7.85. The summed E-state index contributed by atoms with van der Waals surface area (Å²) in [7, 11) is 9.78. The summed E-state index contributed by atoms with van der Waals surface area (Å²) in [4.78, 5) is 1.98. The number of amidine groups is 1. The van der Waals surface area contributed by atoms with E-state index in [0.29, 0.717) is 5.84 Å². The molecule has 0 atom stereocenters. The first-order chi connectivity index (χ1) is 12.8. The van der Waals surface area contributed by atoms with Gasteiger partial charge >= 0.3 is 35.6 Å². The Labute approximate surface area is 190 Å². The molecule has 28 heavy (non-hydrogen) atoms. The molecule has 0 bridgehead atoms. The van der Waals surface area contributed by atoms with E-state index in [2.05, 4.69) is 47.3 Å². The number of fused-ring (bicyclic) bond motifs is 1. The standard InChI is InChI=1S/C12H13N2.C10H20.CH3.2ClH.Ti/c1-2-3-8-14-9-10-6-4-5-7-11(10)12(14)13;1-6-7(2)9(4)10(5)8(6)3;;;;/h2,4-7H,1,3,8-9H2;6-10H,1-5H3;1H3;2*1H;/q-1;;-1;;;+2/p-2. The fraction of sp³-hybridized carbons (Fsp3) is 0.565. The summed E-state index contributed by atoms with van der Waals surface area (Å²) in [5.41, 5.74) is 2.17. The summed E-state index contributed by atoms with van der Waals surface area (Å²) in [5, 5.41) is 9.88. The van der Waals surface area contributed by atoms with Gasteiger partial charge < -0.3 is 17.7 Å². The minimum atomic E-state index is -0.556. The van der Waals surface area contributed by atoms with Gasteiger partial charge in [0.1, 0.15) is 0 Å². The Hall–Kier alpha value is -0.276. The van der Waals surface area contributed by atoms with Gasteiger partial charge in [-0.25, -0.2) is 0 Å². The van der Waals surface area contributed by atoms with Crippen molar-refractivity contribution in [2.24, 2.45) is 29.6 Å². The first-order valence-corrected chi connectivity index (χ1v) is 14.1. The Bertz CT molecular complexity index is 563. The predicted molar refractivity (Wildman–Crippen MR) is 123 cm³/mol. The topological polar surface area (TPSA) is 25.5 Å². The van der Waals surface area contributed by atoms with Crippen molar-refractivity contribution in [2.75, 3.05) is 6.54 Å². The molecular weight excluding hydrogens is 423 g/mol. The van der Waals surface area contributed by atoms with E-state index in [1.54, 1.807) is 0 Å². The molecule has 1 aromatic rings. The summed E-state index contributed by atoms with van der Waals surface area (Å²) in [6, 6.07) is 7.97. The van der Waals surface area contributed by atoms with Gasteiger partial charge in [0, 0.05) is 0 Å². The van der Waals surface area contributed by atoms with Crippen LogP contribution in [0.3, 0.4) is 0 Å². The van der Waals surface area contributed by atoms with E-state index in [0.717, 1.165) is 54.7 Å². The Balaban J connectivity index is 0.000000461. The van der Waals surface area contributed by atoms with Gasteiger partial charge in [0.05, 0.1) is 0 Å². The van der Waals surface area contributed by atoms with E-state index in [1.807, 2.05) is 29.2 Å². The van der Waals surface area contributed by atoms with Crippen LogP contribution in [0.4, 0.5) is 0 Å². The Morgan fingerprint density at radius 1 is 1.04 bits per heavy atom. The van der Waals surface area contributed by atoms with Gasteiger partial charge in [0.2, 0.25) is 0 Å². The predicted octanol–water partition coefficient (Wildman–Crippen LogP) is 7.40. The summed E-state index contributed by atoms with van der Waals surface area (Å²) >= 11 is -0.556. The van der Waals surface area contributed by atoms with E-state index < -0.39 is 17.0 Å². The fourth-order valence-electron chi connectivity index (χ4n) is 4.15. The van der Waals surface area contributed by atoms with E-state index in [1.165, 1.54) is 5.56 Å². The second-order valence-corrected chi connectivity index (χ2v) is 10.4. The molecule has 5 heteroatoms. The van der Waals surface area contributed by atoms with Crippen molar-refractivity contribution in [1.29, 1.82) is 0 Å². The van der Waals surface area contributed by atoms with Crippen molar-refractivity contribution in [2.45, 2.75) is 47.6 Å². The van der Waals surface area contributed by atoms with Gasteiger partial charge in [-0.15, -0.1) is 6.58 Å². The molecule has 0 spiro atoms. The van der Waals surface area contributed by atoms with E-state index in [9.17, 15) is 5.41 Å². The van der Waals surface area contributed by atoms with Crippen molar-refractivity contribution >= 4 is 24.4 Å². The van der Waals surface area contributed by atoms with Gasteiger partial charge in [-0.05, 0) is 60.2 Å². The molecule has 1 saturated carbocycles. The van der Waals surface area contributed by atoms with Crippen LogP contribution in [-0.2, 0) is 23.6 Å². The zero-order chi connectivity index (χ0) is 20.6. The monoisotopic (exact) mass is 458 g/mol. The molecule has 1 heterocycles. The minimum absolute atomic E-state index is 0. The summed E-state index contributed by atoms with van der Waals surface area (Å²) in [6.45, 7) is 17.3. The molecule has 1 aliphatic heterocycles. The molecular formula is C23H36Cl2N2Ti-2. The maximum atomic E-state index is 9.88. The normalized spacial score (nSPS) is 27.5. The average Bonchev–Trinajstić information content (AvgIpc) is 3.07. The molecule has 0 amide bonds. The third-order valence-corrected chi connectivity index (χ3v) is 6.67. The quantitative estimate of drug-likeness (QED) is 0.263. The molecule has 1 aliphatic carbocycles. The molecule has 0 saturated heterocycles. The van der Waals surface area contributed by atoms with E-state index >= 15 is 0 Å². The van der Waals surface area contributed by atoms with Crippen LogP contribution in [0.5, 0.6) is 0 Å². The molecule has 3 rings (SSSR count). The zero-order valence-electron chi connectivity index (χ0n) is 18.3. The third-order valence-electron chi connectivity index (χ3n) is 6.67. The van der Waals surface area contributed by atoms with Crippen LogP contribution in [0, 0.1) is 37.0 Å². The Morgan fingerprint density at radius 2 is 1.46 bits per heavy atom. The van der Waals surface area contributed by atoms with Crippen LogP contribution in [0.25, 0.3) is 5.41 Å². The van der Waals surface area contributed by atoms with Crippen molar-refractivity contribution in [3.05, 3.63) is 60.9 Å². The van der Waals surface area contributed by atoms with E-state index in [4.69, 9.17) is 18.6 Å². The molecule has 0 N–H and O–H groups in total. The van der Waals surface area contributed by atoms with Crippen LogP contribution in [0.2, 0.25) is 0 Å². The first kappa shape index (κ1) is 27.7. The van der Waals surface area contributed by atoms with Gasteiger partial charge in [-0.3, -0.25) is 0 Å². The summed E-state index contributed by atoms with van der Waals surface area (Å²) in [5.74, 6) is 5.08. The molecule has 1 aromatic carbocycles. The molecule has 2 nitrogen and oxygen atoms in total. The van der Waals surface area contributed by atoms with Crippen molar-refractivity contribution in [1.82, 2.24) is 4.90 Å². The summed E-state index contributed by atoms with van der Waals surface area (Å²) in [6.07, 6.45) is 2.77. The molecule has 0 radical (unpaired) electrons. The molecule has 2 aliphatic rings. The van der Waals surface area contributed by atoms with E-state index in [-0.39, 0.29) is 7.43 Å². The molecule has 1 fully saturated rings. The van der Waals surface area contributed by atoms with Gasteiger partial charge in [-0.1, -0.05) is 70.8 Å². The Morgan fingerprint density at radius 3 is 1.86 bits per heavy atom. The van der Waals surface area contributed by atoms with Crippen molar-refractivity contribution in [3.8, 4) is 0 Å². The van der Waals surface area contributed by atoms with Crippen molar-refractivity contribution in [3.63, 3.8) is 0 Å². The first-order valence-electron chi connectivity index (χ1n) is 9.76. The molecule has 0 aromatic heterocycles. The van der Waals surface area contributed by atoms with Crippen LogP contribution < -0.4 is 0 Å². The van der Waals surface area contributed by atoms with Gasteiger partial charge in [0.25, 0.3) is 0 Å². The summed E-state index contributed by atoms with van der Waals surface area (Å²) < 4.78 is 0. The van der Waals surface area contributed by atoms with Crippen LogP contribution in [0.15, 0.2) is 36.9 Å². The Kier molecular flexibility index (Phi) is 13.7. The number of rotatable bonds is 3. The molecule has 0 unspecified atom stereocenters. The van der Waals surface area contributed by atoms with Crippen LogP contribution in [0.1, 0.15) is 52.2 Å². The number of hydrogen-bond acceptors (Lipinski definition) is 0. The molecule has 158 valence electrons. The number of nitrogens with zero attached hydrogens (tertiary/aromatic N) is 2. The average molecular weight is 459 g/mol. The van der Waals surface area contributed by atoms with Gasteiger partial charge in [-0.2, -0.15) is 0 Å². The van der Waals surface area contributed by atoms with Crippen LogP contribution >= 0.6 is 18.6 Å². The third kappa shape index (κ3) is 7.20. The second kappa shape index (κ2) is 13.9. The zero-order valence-corrected chi connectivity index (χ0v) is 21.3. The number of benzene rings is 1. The van der Waals surface area contributed by atoms with Gasteiger partial charge in [0.15, 0.2) is 0 Å². The fourth-order valence-corrected chi connectivity index (χ4v) is 4.15. The maximum absolute atomic E-state index is 9.88.